The maximum Gasteiger partial charge on any atom is 0.123 e. The van der Waals surface area contributed by atoms with Crippen LogP contribution in [0.5, 0.6) is 0 Å². The molecule has 0 aliphatic carbocycles. The van der Waals surface area contributed by atoms with E-state index in [1.807, 2.05) is 17.3 Å². The van der Waals surface area contributed by atoms with Gasteiger partial charge in [0, 0.05) is 12.2 Å². The molecule has 1 aliphatic heterocycles. The molecule has 0 saturated carbocycles. The fraction of sp³-hybridized carbons (Fsp3) is 0.667. The molecule has 0 radical (unpaired) electrons. The monoisotopic (exact) mass is 146 g/mol. The van der Waals surface area contributed by atoms with Crippen molar-refractivity contribution in [3.8, 4) is 0 Å². The predicted octanol–water partition coefficient (Wildman–Crippen LogP) is 1.29. The highest BCUT2D eigenvalue weighted by atomic mass is 35.5. The van der Waals surface area contributed by atoms with E-state index < -0.39 is 0 Å². The Morgan fingerprint density at radius 2 is 2.33 bits per heavy atom. The Labute approximate surface area is 60.5 Å². The van der Waals surface area contributed by atoms with E-state index in [0.717, 1.165) is 0 Å². The number of hydrogen-bond acceptors (Lipinski definition) is 2. The summed E-state index contributed by atoms with van der Waals surface area (Å²) in [6.07, 6.45) is 3.78. The van der Waals surface area contributed by atoms with E-state index >= 15 is 0 Å². The van der Waals surface area contributed by atoms with E-state index in [4.69, 9.17) is 11.6 Å². The van der Waals surface area contributed by atoms with Gasteiger partial charge in [0.05, 0.1) is 0 Å². The molecule has 3 heteroatoms. The SMILES string of the molecule is CC(C)N1NC=CC1Cl. The molecular weight excluding hydrogens is 136 g/mol. The van der Waals surface area contributed by atoms with Gasteiger partial charge in [-0.2, -0.15) is 5.01 Å². The van der Waals surface area contributed by atoms with E-state index in [1.54, 1.807) is 0 Å². The summed E-state index contributed by atoms with van der Waals surface area (Å²) >= 11 is 5.85. The molecule has 0 aromatic rings. The van der Waals surface area contributed by atoms with Crippen LogP contribution in [-0.2, 0) is 0 Å². The van der Waals surface area contributed by atoms with Crippen LogP contribution >= 0.6 is 11.6 Å². The van der Waals surface area contributed by atoms with Gasteiger partial charge in [-0.1, -0.05) is 11.6 Å². The minimum atomic E-state index is 0.0185. The molecule has 2 nitrogen and oxygen atoms in total. The van der Waals surface area contributed by atoms with Crippen LogP contribution in [0.3, 0.4) is 0 Å². The van der Waals surface area contributed by atoms with E-state index in [2.05, 4.69) is 19.3 Å². The topological polar surface area (TPSA) is 15.3 Å². The summed E-state index contributed by atoms with van der Waals surface area (Å²) in [5, 5.41) is 1.97. The van der Waals surface area contributed by atoms with Crippen LogP contribution in [0.4, 0.5) is 0 Å². The number of nitrogens with one attached hydrogen (secondary N) is 1. The predicted molar refractivity (Wildman–Crippen MR) is 38.9 cm³/mol. The molecule has 1 N–H and O–H groups in total. The second-order valence-electron chi connectivity index (χ2n) is 2.36. The fourth-order valence-corrected chi connectivity index (χ4v) is 1.16. The zero-order valence-electron chi connectivity index (χ0n) is 5.63. The zero-order chi connectivity index (χ0) is 6.85. The maximum atomic E-state index is 5.85. The van der Waals surface area contributed by atoms with Crippen molar-refractivity contribution in [3.05, 3.63) is 12.3 Å². The largest absolute Gasteiger partial charge is 0.324 e. The van der Waals surface area contributed by atoms with Crippen molar-refractivity contribution >= 4 is 11.6 Å². The van der Waals surface area contributed by atoms with Gasteiger partial charge in [-0.3, -0.25) is 0 Å². The van der Waals surface area contributed by atoms with Crippen molar-refractivity contribution in [2.45, 2.75) is 25.4 Å². The van der Waals surface area contributed by atoms with Gasteiger partial charge in [0.2, 0.25) is 0 Å². The first kappa shape index (κ1) is 6.90. The molecule has 1 heterocycles. The van der Waals surface area contributed by atoms with Gasteiger partial charge in [0.15, 0.2) is 0 Å². The Bertz CT molecular complexity index is 122. The first-order chi connectivity index (χ1) is 4.22. The third-order valence-electron chi connectivity index (χ3n) is 1.30. The van der Waals surface area contributed by atoms with E-state index in [9.17, 15) is 0 Å². The minimum absolute atomic E-state index is 0.0185. The lowest BCUT2D eigenvalue weighted by Gasteiger charge is -2.23. The summed E-state index contributed by atoms with van der Waals surface area (Å²) < 4.78 is 0. The van der Waals surface area contributed by atoms with E-state index in [-0.39, 0.29) is 5.50 Å². The Morgan fingerprint density at radius 1 is 1.67 bits per heavy atom. The molecule has 0 amide bonds. The highest BCUT2D eigenvalue weighted by Gasteiger charge is 2.18. The number of halogens is 1. The molecule has 9 heavy (non-hydrogen) atoms. The Hall–Kier alpha value is -0.210. The first-order valence-electron chi connectivity index (χ1n) is 3.07. The summed E-state index contributed by atoms with van der Waals surface area (Å²) in [5.74, 6) is 0. The molecule has 0 fully saturated rings. The Balaban J connectivity index is 2.45. The summed E-state index contributed by atoms with van der Waals surface area (Å²) in [6, 6.07) is 0.447. The number of rotatable bonds is 1. The summed E-state index contributed by atoms with van der Waals surface area (Å²) in [5.41, 5.74) is 3.05. The molecule has 1 atom stereocenters. The van der Waals surface area contributed by atoms with Crippen molar-refractivity contribution in [2.24, 2.45) is 0 Å². The number of alkyl halides is 1. The number of nitrogens with zero attached hydrogens (tertiary/aromatic N) is 1. The standard InChI is InChI=1S/C6H11ClN2/c1-5(2)9-6(7)3-4-8-9/h3-6,8H,1-2H3. The van der Waals surface area contributed by atoms with Gasteiger partial charge < -0.3 is 5.43 Å². The van der Waals surface area contributed by atoms with E-state index in [1.165, 1.54) is 0 Å². The van der Waals surface area contributed by atoms with Crippen molar-refractivity contribution in [2.75, 3.05) is 0 Å². The summed E-state index contributed by atoms with van der Waals surface area (Å²) in [7, 11) is 0. The average Bonchev–Trinajstić information content (AvgIpc) is 2.13. The van der Waals surface area contributed by atoms with Crippen LogP contribution in [0.1, 0.15) is 13.8 Å². The van der Waals surface area contributed by atoms with Gasteiger partial charge >= 0.3 is 0 Å². The maximum absolute atomic E-state index is 5.85. The quantitative estimate of drug-likeness (QED) is 0.443. The van der Waals surface area contributed by atoms with Crippen molar-refractivity contribution in [1.82, 2.24) is 10.4 Å². The average molecular weight is 147 g/mol. The lowest BCUT2D eigenvalue weighted by atomic mass is 10.4. The van der Waals surface area contributed by atoms with Crippen LogP contribution in [0.15, 0.2) is 12.3 Å². The molecule has 0 bridgehead atoms. The van der Waals surface area contributed by atoms with Crippen LogP contribution in [0.25, 0.3) is 0 Å². The second-order valence-corrected chi connectivity index (χ2v) is 2.81. The highest BCUT2D eigenvalue weighted by molar-refractivity contribution is 6.21. The Kier molecular flexibility index (Phi) is 1.98. The van der Waals surface area contributed by atoms with Crippen LogP contribution in [-0.4, -0.2) is 16.6 Å². The number of hydrazine groups is 1. The molecule has 0 aromatic carbocycles. The summed E-state index contributed by atoms with van der Waals surface area (Å²) in [6.45, 7) is 4.19. The Morgan fingerprint density at radius 3 is 2.56 bits per heavy atom. The molecule has 1 rings (SSSR count). The smallest absolute Gasteiger partial charge is 0.123 e. The molecule has 0 spiro atoms. The number of hydrogen-bond donors (Lipinski definition) is 1. The van der Waals surface area contributed by atoms with Crippen molar-refractivity contribution in [3.63, 3.8) is 0 Å². The lowest BCUT2D eigenvalue weighted by molar-refractivity contribution is 0.192. The minimum Gasteiger partial charge on any atom is -0.324 e. The molecule has 1 unspecified atom stereocenters. The van der Waals surface area contributed by atoms with Gasteiger partial charge in [0.25, 0.3) is 0 Å². The highest BCUT2D eigenvalue weighted by Crippen LogP contribution is 2.11. The molecule has 0 aromatic heterocycles. The zero-order valence-corrected chi connectivity index (χ0v) is 6.39. The normalized spacial score (nSPS) is 27.3. The fourth-order valence-electron chi connectivity index (χ4n) is 0.806. The van der Waals surface area contributed by atoms with Gasteiger partial charge in [-0.25, -0.2) is 0 Å². The first-order valence-corrected chi connectivity index (χ1v) is 3.50. The van der Waals surface area contributed by atoms with Crippen molar-refractivity contribution < 1.29 is 0 Å². The van der Waals surface area contributed by atoms with Crippen LogP contribution in [0, 0.1) is 0 Å². The van der Waals surface area contributed by atoms with Gasteiger partial charge in [-0.15, -0.1) is 0 Å². The summed E-state index contributed by atoms with van der Waals surface area (Å²) in [4.78, 5) is 0. The molecular formula is C6H11ClN2. The molecule has 1 aliphatic rings. The lowest BCUT2D eigenvalue weighted by Crippen LogP contribution is -2.40. The third kappa shape index (κ3) is 1.37. The molecule has 52 valence electrons. The van der Waals surface area contributed by atoms with Gasteiger partial charge in [0.1, 0.15) is 5.50 Å². The van der Waals surface area contributed by atoms with Crippen LogP contribution in [0.2, 0.25) is 0 Å². The second kappa shape index (κ2) is 2.58. The van der Waals surface area contributed by atoms with Crippen LogP contribution < -0.4 is 5.43 Å². The third-order valence-corrected chi connectivity index (χ3v) is 1.66. The van der Waals surface area contributed by atoms with E-state index in [0.29, 0.717) is 6.04 Å². The molecule has 0 saturated heterocycles. The van der Waals surface area contributed by atoms with Crippen molar-refractivity contribution in [1.29, 1.82) is 0 Å². The van der Waals surface area contributed by atoms with Gasteiger partial charge in [-0.05, 0) is 19.9 Å².